The lowest BCUT2D eigenvalue weighted by atomic mass is 9.90. The lowest BCUT2D eigenvalue weighted by Crippen LogP contribution is -2.40. The molecule has 4 aromatic rings. The van der Waals surface area contributed by atoms with Gasteiger partial charge in [0.25, 0.3) is 0 Å². The van der Waals surface area contributed by atoms with Crippen molar-refractivity contribution >= 4 is 63.1 Å². The summed E-state index contributed by atoms with van der Waals surface area (Å²) in [5.41, 5.74) is 3.00. The second-order valence-electron chi connectivity index (χ2n) is 7.60. The van der Waals surface area contributed by atoms with Crippen LogP contribution in [-0.2, 0) is 11.3 Å². The van der Waals surface area contributed by atoms with E-state index in [1.165, 1.54) is 0 Å². The molecule has 1 amide bonds. The van der Waals surface area contributed by atoms with E-state index in [1.807, 2.05) is 48.5 Å². The SMILES string of the molecule is CN=C(NCc1ccc(-c2nc3ccccc3s2)o1)NCC1CC(=O)Nc2ccccc21.I. The second kappa shape index (κ2) is 10.3. The van der Waals surface area contributed by atoms with E-state index in [9.17, 15) is 4.79 Å². The van der Waals surface area contributed by atoms with Gasteiger partial charge in [-0.05, 0) is 35.9 Å². The van der Waals surface area contributed by atoms with Gasteiger partial charge in [0.2, 0.25) is 5.91 Å². The molecule has 33 heavy (non-hydrogen) atoms. The number of thiazole rings is 1. The van der Waals surface area contributed by atoms with Gasteiger partial charge in [-0.2, -0.15) is 0 Å². The number of benzene rings is 2. The van der Waals surface area contributed by atoms with E-state index in [0.717, 1.165) is 38.0 Å². The number of aromatic nitrogens is 1. The van der Waals surface area contributed by atoms with Crippen LogP contribution in [0.3, 0.4) is 0 Å². The van der Waals surface area contributed by atoms with Crippen molar-refractivity contribution in [2.45, 2.75) is 18.9 Å². The van der Waals surface area contributed by atoms with E-state index in [4.69, 9.17) is 4.42 Å². The van der Waals surface area contributed by atoms with Gasteiger partial charge in [0.15, 0.2) is 16.7 Å². The number of nitrogens with zero attached hydrogens (tertiary/aromatic N) is 2. The molecule has 0 radical (unpaired) electrons. The number of guanidine groups is 1. The number of aliphatic imine (C=N–C) groups is 1. The molecule has 0 fully saturated rings. The van der Waals surface area contributed by atoms with E-state index in [0.29, 0.717) is 25.5 Å². The number of nitrogens with one attached hydrogen (secondary N) is 3. The predicted molar refractivity (Wildman–Crippen MR) is 143 cm³/mol. The fourth-order valence-electron chi connectivity index (χ4n) is 3.86. The summed E-state index contributed by atoms with van der Waals surface area (Å²) in [6, 6.07) is 19.9. The summed E-state index contributed by atoms with van der Waals surface area (Å²) in [4.78, 5) is 21.0. The first kappa shape index (κ1) is 23.2. The van der Waals surface area contributed by atoms with Crippen molar-refractivity contribution < 1.29 is 9.21 Å². The summed E-state index contributed by atoms with van der Waals surface area (Å²) in [5, 5.41) is 10.4. The Morgan fingerprint density at radius 2 is 1.97 bits per heavy atom. The molecule has 0 spiro atoms. The molecule has 3 N–H and O–H groups in total. The van der Waals surface area contributed by atoms with Crippen molar-refractivity contribution in [1.29, 1.82) is 0 Å². The smallest absolute Gasteiger partial charge is 0.225 e. The molecule has 1 atom stereocenters. The molecule has 0 saturated heterocycles. The lowest BCUT2D eigenvalue weighted by molar-refractivity contribution is -0.116. The molecule has 1 aliphatic rings. The molecule has 0 bridgehead atoms. The third kappa shape index (κ3) is 5.19. The Labute approximate surface area is 212 Å². The summed E-state index contributed by atoms with van der Waals surface area (Å²) in [7, 11) is 1.73. The molecule has 2 aromatic carbocycles. The van der Waals surface area contributed by atoms with Crippen molar-refractivity contribution in [3.05, 3.63) is 72.0 Å². The Kier molecular flexibility index (Phi) is 7.29. The standard InChI is InChI=1S/C24H23N5O2S.HI/c1-25-24(26-13-15-12-22(30)28-18-7-3-2-6-17(15)18)27-14-16-10-11-20(31-16)23-29-19-8-4-5-9-21(19)32-23;/h2-11,15H,12-14H2,1H3,(H,28,30)(H2,25,26,27);1H. The second-order valence-corrected chi connectivity index (χ2v) is 8.63. The highest BCUT2D eigenvalue weighted by Crippen LogP contribution is 2.32. The number of para-hydroxylation sites is 2. The fraction of sp³-hybridized carbons (Fsp3) is 0.208. The van der Waals surface area contributed by atoms with Crippen LogP contribution in [0.5, 0.6) is 0 Å². The molecule has 2 aromatic heterocycles. The summed E-state index contributed by atoms with van der Waals surface area (Å²) < 4.78 is 7.14. The van der Waals surface area contributed by atoms with E-state index >= 15 is 0 Å². The van der Waals surface area contributed by atoms with Gasteiger partial charge in [0.05, 0.1) is 16.8 Å². The third-order valence-corrected chi connectivity index (χ3v) is 6.49. The molecule has 1 unspecified atom stereocenters. The number of anilines is 1. The van der Waals surface area contributed by atoms with E-state index < -0.39 is 0 Å². The molecular weight excluding hydrogens is 549 g/mol. The Morgan fingerprint density at radius 3 is 2.82 bits per heavy atom. The molecule has 0 aliphatic carbocycles. The third-order valence-electron chi connectivity index (χ3n) is 5.44. The molecule has 5 rings (SSSR count). The summed E-state index contributed by atoms with van der Waals surface area (Å²) in [6.45, 7) is 1.10. The molecule has 3 heterocycles. The normalized spacial score (nSPS) is 15.5. The van der Waals surface area contributed by atoms with Crippen LogP contribution in [0.4, 0.5) is 5.69 Å². The number of hydrogen-bond acceptors (Lipinski definition) is 5. The average molecular weight is 573 g/mol. The Morgan fingerprint density at radius 1 is 1.15 bits per heavy atom. The number of rotatable bonds is 5. The Balaban J connectivity index is 0.00000259. The van der Waals surface area contributed by atoms with Crippen LogP contribution in [0.2, 0.25) is 0 Å². The maximum absolute atomic E-state index is 12.0. The van der Waals surface area contributed by atoms with Gasteiger partial charge in [-0.3, -0.25) is 9.79 Å². The minimum Gasteiger partial charge on any atom is -0.457 e. The van der Waals surface area contributed by atoms with Gasteiger partial charge in [-0.15, -0.1) is 35.3 Å². The van der Waals surface area contributed by atoms with Crippen LogP contribution in [0.25, 0.3) is 21.0 Å². The number of fused-ring (bicyclic) bond motifs is 2. The molecule has 9 heteroatoms. The van der Waals surface area contributed by atoms with Crippen molar-refractivity contribution in [2.75, 3.05) is 18.9 Å². The number of halogens is 1. The van der Waals surface area contributed by atoms with Gasteiger partial charge in [0, 0.05) is 31.6 Å². The van der Waals surface area contributed by atoms with Crippen LogP contribution < -0.4 is 16.0 Å². The van der Waals surface area contributed by atoms with Gasteiger partial charge >= 0.3 is 0 Å². The van der Waals surface area contributed by atoms with Gasteiger partial charge in [0.1, 0.15) is 5.76 Å². The molecule has 0 saturated carbocycles. The Hall–Kier alpha value is -2.92. The topological polar surface area (TPSA) is 91.6 Å². The zero-order chi connectivity index (χ0) is 21.9. The molecule has 170 valence electrons. The summed E-state index contributed by atoms with van der Waals surface area (Å²) in [6.07, 6.45) is 0.449. The van der Waals surface area contributed by atoms with E-state index in [-0.39, 0.29) is 35.8 Å². The van der Waals surface area contributed by atoms with Crippen LogP contribution in [0.1, 0.15) is 23.7 Å². The number of furan rings is 1. The first-order valence-corrected chi connectivity index (χ1v) is 11.3. The van der Waals surface area contributed by atoms with Gasteiger partial charge < -0.3 is 20.4 Å². The summed E-state index contributed by atoms with van der Waals surface area (Å²) >= 11 is 1.62. The largest absolute Gasteiger partial charge is 0.457 e. The number of amides is 1. The van der Waals surface area contributed by atoms with E-state index in [2.05, 4.69) is 38.1 Å². The monoisotopic (exact) mass is 573 g/mol. The minimum absolute atomic E-state index is 0. The highest BCUT2D eigenvalue weighted by molar-refractivity contribution is 14.0. The molecular formula is C24H24IN5O2S. The zero-order valence-corrected chi connectivity index (χ0v) is 21.1. The Bertz CT molecular complexity index is 1270. The van der Waals surface area contributed by atoms with Crippen molar-refractivity contribution in [2.24, 2.45) is 4.99 Å². The highest BCUT2D eigenvalue weighted by atomic mass is 127. The van der Waals surface area contributed by atoms with Crippen molar-refractivity contribution in [1.82, 2.24) is 15.6 Å². The quantitative estimate of drug-likeness (QED) is 0.178. The lowest BCUT2D eigenvalue weighted by Gasteiger charge is -2.26. The predicted octanol–water partition coefficient (Wildman–Crippen LogP) is 4.97. The van der Waals surface area contributed by atoms with Gasteiger partial charge in [-0.1, -0.05) is 30.3 Å². The van der Waals surface area contributed by atoms with Crippen molar-refractivity contribution in [3.8, 4) is 10.8 Å². The van der Waals surface area contributed by atoms with Crippen LogP contribution in [0.15, 0.2) is 70.1 Å². The number of carbonyl (C=O) groups excluding carboxylic acids is 1. The van der Waals surface area contributed by atoms with Crippen molar-refractivity contribution in [3.63, 3.8) is 0 Å². The van der Waals surface area contributed by atoms with Crippen LogP contribution in [0, 0.1) is 0 Å². The van der Waals surface area contributed by atoms with Crippen LogP contribution in [-0.4, -0.2) is 30.4 Å². The summed E-state index contributed by atoms with van der Waals surface area (Å²) in [5.74, 6) is 2.34. The van der Waals surface area contributed by atoms with Crippen LogP contribution >= 0.6 is 35.3 Å². The maximum atomic E-state index is 12.0. The zero-order valence-electron chi connectivity index (χ0n) is 18.0. The number of hydrogen-bond donors (Lipinski definition) is 3. The number of carbonyl (C=O) groups is 1. The molecule has 1 aliphatic heterocycles. The van der Waals surface area contributed by atoms with Gasteiger partial charge in [-0.25, -0.2) is 4.98 Å². The average Bonchev–Trinajstić information content (AvgIpc) is 3.46. The van der Waals surface area contributed by atoms with E-state index in [1.54, 1.807) is 18.4 Å². The maximum Gasteiger partial charge on any atom is 0.225 e. The first-order chi connectivity index (χ1) is 15.7. The minimum atomic E-state index is 0. The molecule has 7 nitrogen and oxygen atoms in total. The highest BCUT2D eigenvalue weighted by Gasteiger charge is 2.24. The fourth-order valence-corrected chi connectivity index (χ4v) is 4.79. The first-order valence-electron chi connectivity index (χ1n) is 10.5.